The van der Waals surface area contributed by atoms with E-state index >= 15 is 0 Å². The molecule has 1 saturated carbocycles. The summed E-state index contributed by atoms with van der Waals surface area (Å²) in [6.07, 6.45) is 5.11. The number of carbonyl (C=O) groups excluding carboxylic acids is 2. The van der Waals surface area contributed by atoms with Gasteiger partial charge in [-0.15, -0.1) is 0 Å². The van der Waals surface area contributed by atoms with Gasteiger partial charge in [0, 0.05) is 22.3 Å². The molecule has 0 aromatic heterocycles. The van der Waals surface area contributed by atoms with Crippen molar-refractivity contribution in [3.05, 3.63) is 58.6 Å². The number of fused-ring (bicyclic) bond motifs is 1. The average molecular weight is 399 g/mol. The summed E-state index contributed by atoms with van der Waals surface area (Å²) in [5, 5.41) is 6.55. The highest BCUT2D eigenvalue weighted by Crippen LogP contribution is 2.30. The fourth-order valence-corrected chi connectivity index (χ4v) is 4.05. The van der Waals surface area contributed by atoms with E-state index in [2.05, 4.69) is 10.6 Å². The first-order valence-electron chi connectivity index (χ1n) is 9.71. The molecule has 28 heavy (non-hydrogen) atoms. The molecule has 0 saturated heterocycles. The Kier molecular flexibility index (Phi) is 5.53. The van der Waals surface area contributed by atoms with Gasteiger partial charge >= 0.3 is 0 Å². The SMILES string of the molecule is O=C(Nc1ccc2c(c1)C[C@H](C(=O)NC1CCCC1)CO2)c1cccc(Cl)c1. The predicted octanol–water partition coefficient (Wildman–Crippen LogP) is 4.20. The molecule has 4 rings (SSSR count). The minimum atomic E-state index is -0.227. The summed E-state index contributed by atoms with van der Waals surface area (Å²) in [6.45, 7) is 0.389. The van der Waals surface area contributed by atoms with Crippen molar-refractivity contribution in [1.29, 1.82) is 0 Å². The van der Waals surface area contributed by atoms with Gasteiger partial charge in [-0.25, -0.2) is 0 Å². The summed E-state index contributed by atoms with van der Waals surface area (Å²) in [4.78, 5) is 25.0. The molecule has 2 aromatic carbocycles. The summed E-state index contributed by atoms with van der Waals surface area (Å²) in [6, 6.07) is 12.6. The van der Waals surface area contributed by atoms with Gasteiger partial charge in [0.15, 0.2) is 0 Å². The number of amides is 2. The highest BCUT2D eigenvalue weighted by molar-refractivity contribution is 6.31. The molecule has 2 aliphatic rings. The Morgan fingerprint density at radius 2 is 1.89 bits per heavy atom. The van der Waals surface area contributed by atoms with Gasteiger partial charge < -0.3 is 15.4 Å². The molecule has 0 unspecified atom stereocenters. The maximum absolute atomic E-state index is 12.6. The predicted molar refractivity (Wildman–Crippen MR) is 109 cm³/mol. The van der Waals surface area contributed by atoms with Crippen molar-refractivity contribution >= 4 is 29.1 Å². The van der Waals surface area contributed by atoms with Crippen LogP contribution in [-0.2, 0) is 11.2 Å². The van der Waals surface area contributed by atoms with Crippen molar-refractivity contribution in [1.82, 2.24) is 5.32 Å². The van der Waals surface area contributed by atoms with E-state index in [0.717, 1.165) is 24.2 Å². The Morgan fingerprint density at radius 3 is 2.68 bits per heavy atom. The molecule has 2 amide bonds. The zero-order valence-corrected chi connectivity index (χ0v) is 16.3. The smallest absolute Gasteiger partial charge is 0.255 e. The van der Waals surface area contributed by atoms with Crippen LogP contribution in [0.5, 0.6) is 5.75 Å². The van der Waals surface area contributed by atoms with Crippen LogP contribution in [0.1, 0.15) is 41.6 Å². The molecule has 1 atom stereocenters. The maximum atomic E-state index is 12.6. The zero-order valence-electron chi connectivity index (χ0n) is 15.5. The molecule has 146 valence electrons. The van der Waals surface area contributed by atoms with Gasteiger partial charge in [0.05, 0.1) is 5.92 Å². The lowest BCUT2D eigenvalue weighted by Crippen LogP contribution is -2.41. The van der Waals surface area contributed by atoms with Gasteiger partial charge in [-0.05, 0) is 61.2 Å². The molecule has 2 aromatic rings. The standard InChI is InChI=1S/C22H23ClN2O3/c23-17-5-3-4-14(11-17)21(26)25-19-8-9-20-15(12-19)10-16(13-28-20)22(27)24-18-6-1-2-7-18/h3-5,8-9,11-12,16,18H,1-2,6-7,10,13H2,(H,24,27)(H,25,26)/t16-/m0/s1. The van der Waals surface area contributed by atoms with Gasteiger partial charge in [0.1, 0.15) is 12.4 Å². The number of halogens is 1. The number of nitrogens with one attached hydrogen (secondary N) is 2. The van der Waals surface area contributed by atoms with E-state index in [1.165, 1.54) is 12.8 Å². The summed E-state index contributed by atoms with van der Waals surface area (Å²) in [7, 11) is 0. The minimum Gasteiger partial charge on any atom is -0.492 e. The number of hydrogen-bond donors (Lipinski definition) is 2. The molecule has 0 spiro atoms. The van der Waals surface area contributed by atoms with Crippen molar-refractivity contribution < 1.29 is 14.3 Å². The lowest BCUT2D eigenvalue weighted by Gasteiger charge is -2.26. The molecule has 0 bridgehead atoms. The summed E-state index contributed by atoms with van der Waals surface area (Å²) in [5.41, 5.74) is 2.10. The number of ether oxygens (including phenoxy) is 1. The Bertz CT molecular complexity index is 893. The number of anilines is 1. The molecular formula is C22H23ClN2O3. The summed E-state index contributed by atoms with van der Waals surface area (Å²) in [5.74, 6) is 0.401. The fraction of sp³-hybridized carbons (Fsp3) is 0.364. The van der Waals surface area contributed by atoms with Gasteiger partial charge in [-0.3, -0.25) is 9.59 Å². The Hall–Kier alpha value is -2.53. The van der Waals surface area contributed by atoms with Crippen LogP contribution in [0.25, 0.3) is 0 Å². The van der Waals surface area contributed by atoms with E-state index in [0.29, 0.717) is 35.3 Å². The quantitative estimate of drug-likeness (QED) is 0.810. The van der Waals surface area contributed by atoms with Crippen LogP contribution < -0.4 is 15.4 Å². The monoisotopic (exact) mass is 398 g/mol. The largest absolute Gasteiger partial charge is 0.492 e. The minimum absolute atomic E-state index is 0.0610. The number of carbonyl (C=O) groups is 2. The van der Waals surface area contributed by atoms with Crippen molar-refractivity contribution in [3.63, 3.8) is 0 Å². The lowest BCUT2D eigenvalue weighted by atomic mass is 9.95. The summed E-state index contributed by atoms with van der Waals surface area (Å²) >= 11 is 5.96. The van der Waals surface area contributed by atoms with Crippen molar-refractivity contribution in [2.75, 3.05) is 11.9 Å². The molecule has 5 nitrogen and oxygen atoms in total. The fourth-order valence-electron chi connectivity index (χ4n) is 3.86. The maximum Gasteiger partial charge on any atom is 0.255 e. The molecule has 6 heteroatoms. The van der Waals surface area contributed by atoms with E-state index in [1.807, 2.05) is 12.1 Å². The molecule has 1 aliphatic carbocycles. The van der Waals surface area contributed by atoms with Crippen LogP contribution in [-0.4, -0.2) is 24.5 Å². The van der Waals surface area contributed by atoms with Gasteiger partial charge in [0.25, 0.3) is 5.91 Å². The van der Waals surface area contributed by atoms with Gasteiger partial charge in [0.2, 0.25) is 5.91 Å². The van der Waals surface area contributed by atoms with Crippen molar-refractivity contribution in [2.45, 2.75) is 38.1 Å². The first kappa shape index (κ1) is 18.8. The Balaban J connectivity index is 1.43. The van der Waals surface area contributed by atoms with E-state index < -0.39 is 0 Å². The summed E-state index contributed by atoms with van der Waals surface area (Å²) < 4.78 is 5.79. The number of benzene rings is 2. The second-order valence-corrected chi connectivity index (χ2v) is 7.93. The normalized spacial score (nSPS) is 18.8. The van der Waals surface area contributed by atoms with E-state index in [-0.39, 0.29) is 17.7 Å². The van der Waals surface area contributed by atoms with Gasteiger partial charge in [-0.2, -0.15) is 0 Å². The number of rotatable bonds is 4. The van der Waals surface area contributed by atoms with Crippen LogP contribution in [0.4, 0.5) is 5.69 Å². The van der Waals surface area contributed by atoms with E-state index in [4.69, 9.17) is 16.3 Å². The first-order valence-corrected chi connectivity index (χ1v) is 10.1. The van der Waals surface area contributed by atoms with Crippen LogP contribution in [0.3, 0.4) is 0 Å². The van der Waals surface area contributed by atoms with Gasteiger partial charge in [-0.1, -0.05) is 30.5 Å². The third-order valence-corrected chi connectivity index (χ3v) is 5.62. The second kappa shape index (κ2) is 8.23. The third kappa shape index (κ3) is 4.30. The van der Waals surface area contributed by atoms with Crippen molar-refractivity contribution in [3.8, 4) is 5.75 Å². The molecule has 1 aliphatic heterocycles. The van der Waals surface area contributed by atoms with Crippen LogP contribution >= 0.6 is 11.6 Å². The Labute approximate surface area is 169 Å². The van der Waals surface area contributed by atoms with E-state index in [9.17, 15) is 9.59 Å². The average Bonchev–Trinajstić information content (AvgIpc) is 3.20. The zero-order chi connectivity index (χ0) is 19.5. The van der Waals surface area contributed by atoms with Crippen molar-refractivity contribution in [2.24, 2.45) is 5.92 Å². The van der Waals surface area contributed by atoms with Crippen LogP contribution in [0.2, 0.25) is 5.02 Å². The van der Waals surface area contributed by atoms with E-state index in [1.54, 1.807) is 30.3 Å². The molecular weight excluding hydrogens is 376 g/mol. The molecule has 2 N–H and O–H groups in total. The second-order valence-electron chi connectivity index (χ2n) is 7.49. The molecule has 1 heterocycles. The Morgan fingerprint density at radius 1 is 1.07 bits per heavy atom. The van der Waals surface area contributed by atoms with Crippen LogP contribution in [0, 0.1) is 5.92 Å². The topological polar surface area (TPSA) is 67.4 Å². The first-order chi connectivity index (χ1) is 13.6. The highest BCUT2D eigenvalue weighted by atomic mass is 35.5. The number of hydrogen-bond acceptors (Lipinski definition) is 3. The highest BCUT2D eigenvalue weighted by Gasteiger charge is 2.28. The lowest BCUT2D eigenvalue weighted by molar-refractivity contribution is -0.127. The van der Waals surface area contributed by atoms with Crippen LogP contribution in [0.15, 0.2) is 42.5 Å². The molecule has 0 radical (unpaired) electrons. The molecule has 1 fully saturated rings. The third-order valence-electron chi connectivity index (χ3n) is 5.38.